The second-order valence-electron chi connectivity index (χ2n) is 8.42. The normalized spacial score (nSPS) is 17.6. The van der Waals surface area contributed by atoms with Crippen molar-refractivity contribution in [1.29, 1.82) is 0 Å². The standard InChI is InChI=1S/C23H21ClN6OS/c1-11-12(2)32-23-19(11)20(14-6-8-16(24)9-7-14)25-17(21-28-26-13(3)30(21)23)10-18-27-29-22(31-18)15-4-5-15/h6-9,15,17H,4-5,10H2,1-3H3. The van der Waals surface area contributed by atoms with Crippen molar-refractivity contribution in [1.82, 2.24) is 25.0 Å². The monoisotopic (exact) mass is 464 g/mol. The van der Waals surface area contributed by atoms with Crippen LogP contribution in [0.25, 0.3) is 5.00 Å². The Morgan fingerprint density at radius 2 is 1.84 bits per heavy atom. The average molecular weight is 465 g/mol. The summed E-state index contributed by atoms with van der Waals surface area (Å²) in [4.78, 5) is 6.49. The molecule has 32 heavy (non-hydrogen) atoms. The van der Waals surface area contributed by atoms with Crippen LogP contribution in [0.2, 0.25) is 5.02 Å². The topological polar surface area (TPSA) is 82.0 Å². The minimum atomic E-state index is -0.298. The zero-order valence-electron chi connectivity index (χ0n) is 18.0. The molecule has 9 heteroatoms. The summed E-state index contributed by atoms with van der Waals surface area (Å²) in [6.45, 7) is 6.27. The fourth-order valence-corrected chi connectivity index (χ4v) is 5.48. The van der Waals surface area contributed by atoms with Crippen LogP contribution in [-0.4, -0.2) is 30.7 Å². The van der Waals surface area contributed by atoms with Crippen LogP contribution in [0, 0.1) is 20.8 Å². The van der Waals surface area contributed by atoms with E-state index in [0.717, 1.165) is 52.2 Å². The summed E-state index contributed by atoms with van der Waals surface area (Å²) in [6, 6.07) is 7.54. The molecule has 2 aliphatic rings. The Balaban J connectivity index is 1.53. The number of halogens is 1. The van der Waals surface area contributed by atoms with Crippen LogP contribution in [0.4, 0.5) is 0 Å². The molecule has 6 rings (SSSR count). The highest BCUT2D eigenvalue weighted by Gasteiger charge is 2.33. The molecule has 7 nitrogen and oxygen atoms in total. The van der Waals surface area contributed by atoms with Gasteiger partial charge >= 0.3 is 0 Å². The molecule has 1 aliphatic carbocycles. The van der Waals surface area contributed by atoms with E-state index in [0.29, 0.717) is 23.3 Å². The Kier molecular flexibility index (Phi) is 4.55. The maximum absolute atomic E-state index is 6.18. The van der Waals surface area contributed by atoms with Gasteiger partial charge in [0, 0.05) is 26.9 Å². The van der Waals surface area contributed by atoms with Crippen molar-refractivity contribution in [2.45, 2.75) is 52.0 Å². The molecule has 4 aromatic rings. The first-order chi connectivity index (χ1) is 15.5. The van der Waals surface area contributed by atoms with Crippen LogP contribution >= 0.6 is 22.9 Å². The van der Waals surface area contributed by atoms with Crippen molar-refractivity contribution in [3.63, 3.8) is 0 Å². The van der Waals surface area contributed by atoms with Crippen LogP contribution in [0.3, 0.4) is 0 Å². The lowest BCUT2D eigenvalue weighted by atomic mass is 9.99. The summed E-state index contributed by atoms with van der Waals surface area (Å²) < 4.78 is 8.10. The highest BCUT2D eigenvalue weighted by Crippen LogP contribution is 2.41. The summed E-state index contributed by atoms with van der Waals surface area (Å²) in [5.74, 6) is 3.37. The SMILES string of the molecule is Cc1sc2c(c1C)C(c1ccc(Cl)cc1)=NC(Cc1nnc(C3CC3)o1)c1nnc(C)n1-2. The van der Waals surface area contributed by atoms with E-state index >= 15 is 0 Å². The minimum Gasteiger partial charge on any atom is -0.425 e. The van der Waals surface area contributed by atoms with E-state index in [2.05, 4.69) is 38.8 Å². The first kappa shape index (κ1) is 19.8. The van der Waals surface area contributed by atoms with E-state index < -0.39 is 0 Å². The van der Waals surface area contributed by atoms with Crippen molar-refractivity contribution in [3.05, 3.63) is 74.3 Å². The van der Waals surface area contributed by atoms with E-state index in [4.69, 9.17) is 21.0 Å². The molecule has 1 aliphatic heterocycles. The number of aryl methyl sites for hydroxylation is 2. The molecule has 1 atom stereocenters. The van der Waals surface area contributed by atoms with Gasteiger partial charge in [-0.1, -0.05) is 23.7 Å². The van der Waals surface area contributed by atoms with Gasteiger partial charge in [0.05, 0.1) is 12.1 Å². The molecule has 0 bridgehead atoms. The lowest BCUT2D eigenvalue weighted by molar-refractivity contribution is 0.433. The molecule has 0 spiro atoms. The first-order valence-electron chi connectivity index (χ1n) is 10.7. The van der Waals surface area contributed by atoms with Gasteiger partial charge in [-0.05, 0) is 51.3 Å². The highest BCUT2D eigenvalue weighted by molar-refractivity contribution is 7.15. The van der Waals surface area contributed by atoms with Crippen LogP contribution in [0.5, 0.6) is 0 Å². The lowest BCUT2D eigenvalue weighted by Gasteiger charge is -2.11. The largest absolute Gasteiger partial charge is 0.425 e. The molecule has 3 aromatic heterocycles. The van der Waals surface area contributed by atoms with Gasteiger partial charge in [-0.25, -0.2) is 0 Å². The van der Waals surface area contributed by atoms with Gasteiger partial charge in [0.25, 0.3) is 0 Å². The number of hydrogen-bond acceptors (Lipinski definition) is 7. The molecule has 4 heterocycles. The first-order valence-corrected chi connectivity index (χ1v) is 11.9. The zero-order chi connectivity index (χ0) is 22.0. The molecule has 0 N–H and O–H groups in total. The van der Waals surface area contributed by atoms with Crippen LogP contribution in [0.15, 0.2) is 33.7 Å². The number of fused-ring (bicyclic) bond motifs is 3. The van der Waals surface area contributed by atoms with Crippen LogP contribution < -0.4 is 0 Å². The Morgan fingerprint density at radius 3 is 2.59 bits per heavy atom. The molecule has 1 fully saturated rings. The summed E-state index contributed by atoms with van der Waals surface area (Å²) >= 11 is 7.92. The molecule has 162 valence electrons. The van der Waals surface area contributed by atoms with Crippen molar-refractivity contribution >= 4 is 28.6 Å². The second-order valence-corrected chi connectivity index (χ2v) is 10.1. The second kappa shape index (κ2) is 7.35. The predicted molar refractivity (Wildman–Crippen MR) is 123 cm³/mol. The molecular formula is C23H21ClN6OS. The van der Waals surface area contributed by atoms with Gasteiger partial charge in [0.2, 0.25) is 11.8 Å². The fraction of sp³-hybridized carbons (Fsp3) is 0.348. The van der Waals surface area contributed by atoms with E-state index in [1.54, 1.807) is 11.3 Å². The number of hydrogen-bond donors (Lipinski definition) is 0. The van der Waals surface area contributed by atoms with Crippen molar-refractivity contribution < 1.29 is 4.42 Å². The molecule has 0 amide bonds. The number of benzene rings is 1. The highest BCUT2D eigenvalue weighted by atomic mass is 35.5. The number of nitrogens with zero attached hydrogens (tertiary/aromatic N) is 6. The minimum absolute atomic E-state index is 0.298. The van der Waals surface area contributed by atoms with Crippen molar-refractivity contribution in [3.8, 4) is 5.00 Å². The number of aliphatic imine (C=N–C) groups is 1. The summed E-state index contributed by atoms with van der Waals surface area (Å²) in [7, 11) is 0. The molecule has 0 radical (unpaired) electrons. The molecule has 1 saturated carbocycles. The van der Waals surface area contributed by atoms with E-state index in [9.17, 15) is 0 Å². The maximum Gasteiger partial charge on any atom is 0.219 e. The van der Waals surface area contributed by atoms with E-state index in [1.807, 2.05) is 31.2 Å². The third-order valence-electron chi connectivity index (χ3n) is 6.13. The van der Waals surface area contributed by atoms with Gasteiger partial charge < -0.3 is 4.42 Å². The third kappa shape index (κ3) is 3.20. The Bertz CT molecular complexity index is 1360. The molecule has 1 aromatic carbocycles. The number of thiophene rings is 1. The molecular weight excluding hydrogens is 444 g/mol. The van der Waals surface area contributed by atoms with Crippen LogP contribution in [-0.2, 0) is 6.42 Å². The Labute approximate surface area is 194 Å². The van der Waals surface area contributed by atoms with Gasteiger partial charge in [0.15, 0.2) is 5.82 Å². The van der Waals surface area contributed by atoms with Crippen molar-refractivity contribution in [2.75, 3.05) is 0 Å². The van der Waals surface area contributed by atoms with E-state index in [1.165, 1.54) is 10.4 Å². The fourth-order valence-electron chi connectivity index (χ4n) is 4.14. The quantitative estimate of drug-likeness (QED) is 0.409. The smallest absolute Gasteiger partial charge is 0.219 e. The maximum atomic E-state index is 6.18. The van der Waals surface area contributed by atoms with E-state index in [-0.39, 0.29) is 6.04 Å². The van der Waals surface area contributed by atoms with Gasteiger partial charge in [-0.2, -0.15) is 0 Å². The zero-order valence-corrected chi connectivity index (χ0v) is 19.5. The summed E-state index contributed by atoms with van der Waals surface area (Å²) in [5, 5.41) is 19.3. The van der Waals surface area contributed by atoms with Gasteiger partial charge in [0.1, 0.15) is 16.9 Å². The van der Waals surface area contributed by atoms with Crippen molar-refractivity contribution in [2.24, 2.45) is 4.99 Å². The Hall–Kier alpha value is -2.84. The third-order valence-corrected chi connectivity index (χ3v) is 7.58. The predicted octanol–water partition coefficient (Wildman–Crippen LogP) is 5.30. The summed E-state index contributed by atoms with van der Waals surface area (Å²) in [6.07, 6.45) is 2.72. The average Bonchev–Trinajstić information content (AvgIpc) is 3.34. The molecule has 0 saturated heterocycles. The summed E-state index contributed by atoms with van der Waals surface area (Å²) in [5.41, 5.74) is 4.27. The number of aromatic nitrogens is 5. The van der Waals surface area contributed by atoms with Gasteiger partial charge in [-0.3, -0.25) is 9.56 Å². The number of rotatable bonds is 4. The lowest BCUT2D eigenvalue weighted by Crippen LogP contribution is -2.09. The Morgan fingerprint density at radius 1 is 1.06 bits per heavy atom. The van der Waals surface area contributed by atoms with Crippen LogP contribution in [0.1, 0.15) is 69.8 Å². The molecule has 1 unspecified atom stereocenters. The van der Waals surface area contributed by atoms with Gasteiger partial charge in [-0.15, -0.1) is 31.7 Å².